The molecule has 2 atom stereocenters. The molecule has 0 aromatic carbocycles. The average Bonchev–Trinajstić information content (AvgIpc) is 2.97. The van der Waals surface area contributed by atoms with E-state index in [1.165, 1.54) is 6.20 Å². The summed E-state index contributed by atoms with van der Waals surface area (Å²) in [4.78, 5) is 23.0. The Labute approximate surface area is 130 Å². The first kappa shape index (κ1) is 18.0. The molecule has 0 aromatic rings. The van der Waals surface area contributed by atoms with Gasteiger partial charge in [-0.2, -0.15) is 5.26 Å². The minimum Gasteiger partial charge on any atom is -0.480 e. The normalized spacial score (nSPS) is 19.5. The third-order valence-corrected chi connectivity index (χ3v) is 3.31. The van der Waals surface area contributed by atoms with E-state index in [9.17, 15) is 9.59 Å². The van der Waals surface area contributed by atoms with Gasteiger partial charge in [-0.05, 0) is 25.2 Å². The molecule has 7 nitrogen and oxygen atoms in total. The maximum Gasteiger partial charge on any atom is 0.326 e. The van der Waals surface area contributed by atoms with E-state index >= 15 is 0 Å². The Morgan fingerprint density at radius 1 is 1.50 bits per heavy atom. The molecule has 22 heavy (non-hydrogen) atoms. The van der Waals surface area contributed by atoms with Gasteiger partial charge in [0, 0.05) is 19.4 Å². The lowest BCUT2D eigenvalue weighted by atomic mass is 10.0. The van der Waals surface area contributed by atoms with Gasteiger partial charge in [-0.1, -0.05) is 13.8 Å². The SMILES string of the molecule is CC(C)CC(N/C=C(/C#N)C(=O)NCC1CCCO1)C(=O)O. The van der Waals surface area contributed by atoms with Crippen LogP contribution in [0.1, 0.15) is 33.1 Å². The summed E-state index contributed by atoms with van der Waals surface area (Å²) < 4.78 is 5.38. The zero-order valence-electron chi connectivity index (χ0n) is 13.0. The van der Waals surface area contributed by atoms with Crippen molar-refractivity contribution >= 4 is 11.9 Å². The zero-order valence-corrected chi connectivity index (χ0v) is 13.0. The minimum atomic E-state index is -1.01. The standard InChI is InChI=1S/C15H23N3O4/c1-10(2)6-13(15(20)21)17-8-11(7-16)14(19)18-9-12-4-3-5-22-12/h8,10,12-13,17H,3-6,9H2,1-2H3,(H,18,19)(H,20,21)/b11-8-. The van der Waals surface area contributed by atoms with Gasteiger partial charge < -0.3 is 20.5 Å². The summed E-state index contributed by atoms with van der Waals surface area (Å²) in [5, 5.41) is 23.4. The van der Waals surface area contributed by atoms with E-state index in [0.717, 1.165) is 12.8 Å². The lowest BCUT2D eigenvalue weighted by Crippen LogP contribution is -2.36. The molecule has 1 rings (SSSR count). The van der Waals surface area contributed by atoms with Crippen LogP contribution >= 0.6 is 0 Å². The van der Waals surface area contributed by atoms with Crippen molar-refractivity contribution in [2.24, 2.45) is 5.92 Å². The molecular weight excluding hydrogens is 286 g/mol. The molecule has 1 saturated heterocycles. The first-order chi connectivity index (χ1) is 10.4. The number of amides is 1. The molecular formula is C15H23N3O4. The second-order valence-electron chi connectivity index (χ2n) is 5.70. The number of rotatable bonds is 8. The lowest BCUT2D eigenvalue weighted by Gasteiger charge is -2.15. The largest absolute Gasteiger partial charge is 0.480 e. The fourth-order valence-corrected chi connectivity index (χ4v) is 2.15. The summed E-state index contributed by atoms with van der Waals surface area (Å²) in [6, 6.07) is 0.953. The number of carboxylic acid groups (broad SMARTS) is 1. The third kappa shape index (κ3) is 6.14. The quantitative estimate of drug-likeness (QED) is 0.451. The fourth-order valence-electron chi connectivity index (χ4n) is 2.15. The number of carboxylic acids is 1. The van der Waals surface area contributed by atoms with Crippen molar-refractivity contribution in [2.75, 3.05) is 13.2 Å². The third-order valence-electron chi connectivity index (χ3n) is 3.31. The number of aliphatic carboxylic acids is 1. The highest BCUT2D eigenvalue weighted by molar-refractivity contribution is 5.97. The summed E-state index contributed by atoms with van der Waals surface area (Å²) in [6.45, 7) is 4.85. The summed E-state index contributed by atoms with van der Waals surface area (Å²) in [5.41, 5.74) is -0.145. The lowest BCUT2D eigenvalue weighted by molar-refractivity contribution is -0.139. The van der Waals surface area contributed by atoms with Crippen LogP contribution in [0, 0.1) is 17.2 Å². The molecule has 122 valence electrons. The predicted molar refractivity (Wildman–Crippen MR) is 79.7 cm³/mol. The molecule has 2 unspecified atom stereocenters. The van der Waals surface area contributed by atoms with Gasteiger partial charge in [0.05, 0.1) is 6.10 Å². The van der Waals surface area contributed by atoms with Crippen LogP contribution in [-0.2, 0) is 14.3 Å². The molecule has 0 spiro atoms. The van der Waals surface area contributed by atoms with E-state index < -0.39 is 17.9 Å². The van der Waals surface area contributed by atoms with Gasteiger partial charge >= 0.3 is 5.97 Å². The second kappa shape index (κ2) is 9.05. The number of hydrogen-bond acceptors (Lipinski definition) is 5. The van der Waals surface area contributed by atoms with Gasteiger partial charge in [0.15, 0.2) is 0 Å². The van der Waals surface area contributed by atoms with Gasteiger partial charge in [0.25, 0.3) is 5.91 Å². The molecule has 0 bridgehead atoms. The maximum atomic E-state index is 11.9. The summed E-state index contributed by atoms with van der Waals surface area (Å²) >= 11 is 0. The highest BCUT2D eigenvalue weighted by Crippen LogP contribution is 2.10. The fraction of sp³-hybridized carbons (Fsp3) is 0.667. The van der Waals surface area contributed by atoms with E-state index in [0.29, 0.717) is 19.6 Å². The highest BCUT2D eigenvalue weighted by Gasteiger charge is 2.20. The maximum absolute atomic E-state index is 11.9. The molecule has 1 aliphatic heterocycles. The van der Waals surface area contributed by atoms with E-state index in [2.05, 4.69) is 10.6 Å². The van der Waals surface area contributed by atoms with Gasteiger partial charge in [-0.3, -0.25) is 4.79 Å². The van der Waals surface area contributed by atoms with Crippen LogP contribution in [0.2, 0.25) is 0 Å². The Hall–Kier alpha value is -2.07. The van der Waals surface area contributed by atoms with Crippen molar-refractivity contribution in [3.05, 3.63) is 11.8 Å². The zero-order chi connectivity index (χ0) is 16.5. The second-order valence-corrected chi connectivity index (χ2v) is 5.70. The molecule has 0 aliphatic carbocycles. The molecule has 1 fully saturated rings. The first-order valence-corrected chi connectivity index (χ1v) is 7.43. The summed E-state index contributed by atoms with van der Waals surface area (Å²) in [6.07, 6.45) is 3.43. The Balaban J connectivity index is 2.54. The molecule has 0 saturated carbocycles. The number of carbonyl (C=O) groups is 2. The van der Waals surface area contributed by atoms with E-state index in [4.69, 9.17) is 15.1 Å². The number of nitrogens with one attached hydrogen (secondary N) is 2. The van der Waals surface area contributed by atoms with Crippen LogP contribution in [0.4, 0.5) is 0 Å². The number of nitrogens with zero attached hydrogens (tertiary/aromatic N) is 1. The summed E-state index contributed by atoms with van der Waals surface area (Å²) in [7, 11) is 0. The Morgan fingerprint density at radius 3 is 2.73 bits per heavy atom. The van der Waals surface area contributed by atoms with Gasteiger partial charge in [0.1, 0.15) is 17.7 Å². The van der Waals surface area contributed by atoms with Crippen LogP contribution in [0.5, 0.6) is 0 Å². The predicted octanol–water partition coefficient (Wildman–Crippen LogP) is 0.778. The van der Waals surface area contributed by atoms with Gasteiger partial charge in [-0.25, -0.2) is 4.79 Å². The van der Waals surface area contributed by atoms with Crippen molar-refractivity contribution in [3.63, 3.8) is 0 Å². The number of carbonyl (C=O) groups excluding carboxylic acids is 1. The van der Waals surface area contributed by atoms with Crippen LogP contribution in [0.25, 0.3) is 0 Å². The minimum absolute atomic E-state index is 0.00967. The average molecular weight is 309 g/mol. The highest BCUT2D eigenvalue weighted by atomic mass is 16.5. The van der Waals surface area contributed by atoms with E-state index in [1.807, 2.05) is 13.8 Å². The Morgan fingerprint density at radius 2 is 2.23 bits per heavy atom. The van der Waals surface area contributed by atoms with E-state index in [1.54, 1.807) is 6.07 Å². The molecule has 1 amide bonds. The topological polar surface area (TPSA) is 111 Å². The number of nitriles is 1. The van der Waals surface area contributed by atoms with Crippen LogP contribution in [0.3, 0.4) is 0 Å². The van der Waals surface area contributed by atoms with E-state index in [-0.39, 0.29) is 17.6 Å². The van der Waals surface area contributed by atoms with Crippen molar-refractivity contribution in [2.45, 2.75) is 45.3 Å². The van der Waals surface area contributed by atoms with Gasteiger partial charge in [-0.15, -0.1) is 0 Å². The molecule has 7 heteroatoms. The number of hydrogen-bond donors (Lipinski definition) is 3. The Kier molecular flexibility index (Phi) is 7.40. The van der Waals surface area contributed by atoms with Crippen LogP contribution in [-0.4, -0.2) is 42.3 Å². The van der Waals surface area contributed by atoms with Crippen molar-refractivity contribution in [3.8, 4) is 6.07 Å². The van der Waals surface area contributed by atoms with Crippen LogP contribution in [0.15, 0.2) is 11.8 Å². The van der Waals surface area contributed by atoms with Crippen molar-refractivity contribution in [1.82, 2.24) is 10.6 Å². The first-order valence-electron chi connectivity index (χ1n) is 7.43. The summed E-state index contributed by atoms with van der Waals surface area (Å²) in [5.74, 6) is -1.36. The van der Waals surface area contributed by atoms with Crippen molar-refractivity contribution < 1.29 is 19.4 Å². The van der Waals surface area contributed by atoms with Gasteiger partial charge in [0.2, 0.25) is 0 Å². The molecule has 1 aliphatic rings. The van der Waals surface area contributed by atoms with Crippen molar-refractivity contribution in [1.29, 1.82) is 5.26 Å². The molecule has 3 N–H and O–H groups in total. The molecule has 0 radical (unpaired) electrons. The van der Waals surface area contributed by atoms with Crippen LogP contribution < -0.4 is 10.6 Å². The molecule has 1 heterocycles. The monoisotopic (exact) mass is 309 g/mol. The Bertz CT molecular complexity index is 462. The number of ether oxygens (including phenoxy) is 1. The smallest absolute Gasteiger partial charge is 0.326 e. The molecule has 0 aromatic heterocycles.